The van der Waals surface area contributed by atoms with Crippen LogP contribution in [0.15, 0.2) is 24.3 Å². The van der Waals surface area contributed by atoms with Gasteiger partial charge in [-0.15, -0.1) is 0 Å². The summed E-state index contributed by atoms with van der Waals surface area (Å²) in [5.41, 5.74) is 0.0695. The second-order valence-corrected chi connectivity index (χ2v) is 4.79. The SMILES string of the molecule is CCOC(=O)C(C)(CN(CC)c1ccc(F)cc1)NC. The van der Waals surface area contributed by atoms with Gasteiger partial charge in [0.15, 0.2) is 0 Å². The molecule has 1 N–H and O–H groups in total. The molecule has 20 heavy (non-hydrogen) atoms. The number of carbonyl (C=O) groups is 1. The average molecular weight is 282 g/mol. The van der Waals surface area contributed by atoms with E-state index in [0.29, 0.717) is 19.7 Å². The summed E-state index contributed by atoms with van der Waals surface area (Å²) in [5, 5.41) is 3.02. The van der Waals surface area contributed by atoms with E-state index < -0.39 is 5.54 Å². The van der Waals surface area contributed by atoms with Crippen molar-refractivity contribution in [3.8, 4) is 0 Å². The minimum atomic E-state index is -0.805. The highest BCUT2D eigenvalue weighted by atomic mass is 19.1. The first-order chi connectivity index (χ1) is 9.46. The van der Waals surface area contributed by atoms with Crippen LogP contribution in [-0.4, -0.2) is 38.3 Å². The third-order valence-electron chi connectivity index (χ3n) is 3.36. The fourth-order valence-corrected chi connectivity index (χ4v) is 1.96. The van der Waals surface area contributed by atoms with E-state index in [2.05, 4.69) is 5.32 Å². The van der Waals surface area contributed by atoms with E-state index in [1.165, 1.54) is 12.1 Å². The van der Waals surface area contributed by atoms with Crippen molar-refractivity contribution in [3.05, 3.63) is 30.1 Å². The Balaban J connectivity index is 2.89. The van der Waals surface area contributed by atoms with Crippen LogP contribution in [0.5, 0.6) is 0 Å². The van der Waals surface area contributed by atoms with Gasteiger partial charge in [0.1, 0.15) is 11.4 Å². The maximum Gasteiger partial charge on any atom is 0.327 e. The highest BCUT2D eigenvalue weighted by Gasteiger charge is 2.35. The van der Waals surface area contributed by atoms with Crippen molar-refractivity contribution < 1.29 is 13.9 Å². The number of benzene rings is 1. The summed E-state index contributed by atoms with van der Waals surface area (Å²) in [6, 6.07) is 6.25. The number of rotatable bonds is 7. The van der Waals surface area contributed by atoms with Crippen LogP contribution >= 0.6 is 0 Å². The van der Waals surface area contributed by atoms with E-state index in [-0.39, 0.29) is 11.8 Å². The molecule has 0 aliphatic heterocycles. The molecule has 1 unspecified atom stereocenters. The number of esters is 1. The number of anilines is 1. The lowest BCUT2D eigenvalue weighted by atomic mass is 10.0. The largest absolute Gasteiger partial charge is 0.465 e. The van der Waals surface area contributed by atoms with E-state index in [4.69, 9.17) is 4.74 Å². The molecule has 0 radical (unpaired) electrons. The molecule has 112 valence electrons. The molecule has 0 spiro atoms. The van der Waals surface area contributed by atoms with Crippen LogP contribution in [0.2, 0.25) is 0 Å². The molecule has 0 aliphatic rings. The standard InChI is InChI=1S/C15H23FN2O2/c1-5-18(13-9-7-12(16)8-10-13)11-15(3,17-4)14(19)20-6-2/h7-10,17H,5-6,11H2,1-4H3. The maximum absolute atomic E-state index is 13.0. The average Bonchev–Trinajstić information content (AvgIpc) is 2.45. The minimum Gasteiger partial charge on any atom is -0.465 e. The molecule has 0 fully saturated rings. The first-order valence-electron chi connectivity index (χ1n) is 6.83. The molecule has 4 nitrogen and oxygen atoms in total. The molecule has 0 aliphatic carbocycles. The number of hydrogen-bond acceptors (Lipinski definition) is 4. The van der Waals surface area contributed by atoms with Gasteiger partial charge in [0.25, 0.3) is 0 Å². The fraction of sp³-hybridized carbons (Fsp3) is 0.533. The third-order valence-corrected chi connectivity index (χ3v) is 3.36. The Morgan fingerprint density at radius 3 is 2.40 bits per heavy atom. The molecule has 0 bridgehead atoms. The molecule has 0 saturated heterocycles. The summed E-state index contributed by atoms with van der Waals surface area (Å²) < 4.78 is 18.1. The van der Waals surface area contributed by atoms with Crippen molar-refractivity contribution in [2.45, 2.75) is 26.3 Å². The van der Waals surface area contributed by atoms with Crippen molar-refractivity contribution in [1.82, 2.24) is 5.32 Å². The number of nitrogens with one attached hydrogen (secondary N) is 1. The molecule has 1 aromatic rings. The second kappa shape index (κ2) is 7.24. The quantitative estimate of drug-likeness (QED) is 0.778. The summed E-state index contributed by atoms with van der Waals surface area (Å²) in [6.07, 6.45) is 0. The zero-order valence-electron chi connectivity index (χ0n) is 12.6. The van der Waals surface area contributed by atoms with Gasteiger partial charge in [-0.3, -0.25) is 0 Å². The summed E-state index contributed by atoms with van der Waals surface area (Å²) in [4.78, 5) is 14.1. The van der Waals surface area contributed by atoms with E-state index in [1.54, 1.807) is 33.0 Å². The Labute approximate surface area is 119 Å². The molecular formula is C15H23FN2O2. The van der Waals surface area contributed by atoms with Gasteiger partial charge in [0.2, 0.25) is 0 Å². The van der Waals surface area contributed by atoms with Gasteiger partial charge in [-0.2, -0.15) is 0 Å². The predicted octanol–water partition coefficient (Wildman–Crippen LogP) is 2.19. The van der Waals surface area contributed by atoms with Crippen molar-refractivity contribution >= 4 is 11.7 Å². The van der Waals surface area contributed by atoms with Crippen LogP contribution in [0.3, 0.4) is 0 Å². The van der Waals surface area contributed by atoms with Crippen LogP contribution in [0, 0.1) is 5.82 Å². The van der Waals surface area contributed by atoms with E-state index in [0.717, 1.165) is 5.69 Å². The first kappa shape index (κ1) is 16.4. The van der Waals surface area contributed by atoms with Gasteiger partial charge in [0, 0.05) is 18.8 Å². The molecular weight excluding hydrogens is 259 g/mol. The fourth-order valence-electron chi connectivity index (χ4n) is 1.96. The van der Waals surface area contributed by atoms with Gasteiger partial charge < -0.3 is 15.0 Å². The lowest BCUT2D eigenvalue weighted by molar-refractivity contribution is -0.149. The van der Waals surface area contributed by atoms with Gasteiger partial charge in [-0.1, -0.05) is 0 Å². The lowest BCUT2D eigenvalue weighted by Gasteiger charge is -2.34. The maximum atomic E-state index is 13.0. The van der Waals surface area contributed by atoms with E-state index in [1.807, 2.05) is 11.8 Å². The molecule has 5 heteroatoms. The molecule has 1 atom stereocenters. The van der Waals surface area contributed by atoms with Gasteiger partial charge in [0.05, 0.1) is 6.61 Å². The number of likely N-dealkylation sites (N-methyl/N-ethyl adjacent to an activating group) is 2. The monoisotopic (exact) mass is 282 g/mol. The van der Waals surface area contributed by atoms with Gasteiger partial charge in [-0.25, -0.2) is 9.18 Å². The topological polar surface area (TPSA) is 41.6 Å². The van der Waals surface area contributed by atoms with Crippen LogP contribution in [0.4, 0.5) is 10.1 Å². The summed E-state index contributed by atoms with van der Waals surface area (Å²) >= 11 is 0. The number of halogens is 1. The lowest BCUT2D eigenvalue weighted by Crippen LogP contribution is -2.56. The molecule has 0 aromatic heterocycles. The highest BCUT2D eigenvalue weighted by molar-refractivity contribution is 5.81. The smallest absolute Gasteiger partial charge is 0.327 e. The Hall–Kier alpha value is -1.62. The highest BCUT2D eigenvalue weighted by Crippen LogP contribution is 2.18. The first-order valence-corrected chi connectivity index (χ1v) is 6.83. The summed E-state index contributed by atoms with van der Waals surface area (Å²) in [7, 11) is 1.73. The van der Waals surface area contributed by atoms with Crippen LogP contribution in [-0.2, 0) is 9.53 Å². The Bertz CT molecular complexity index is 436. The zero-order valence-corrected chi connectivity index (χ0v) is 12.6. The van der Waals surface area contributed by atoms with Crippen LogP contribution in [0.1, 0.15) is 20.8 Å². The molecule has 1 rings (SSSR count). The predicted molar refractivity (Wildman–Crippen MR) is 78.4 cm³/mol. The summed E-state index contributed by atoms with van der Waals surface area (Å²) in [6.45, 7) is 7.08. The van der Waals surface area contributed by atoms with E-state index >= 15 is 0 Å². The molecule has 0 heterocycles. The normalized spacial score (nSPS) is 13.7. The molecule has 1 aromatic carbocycles. The number of carbonyl (C=O) groups excluding carboxylic acids is 1. The van der Waals surface area contributed by atoms with Gasteiger partial charge >= 0.3 is 5.97 Å². The number of ether oxygens (including phenoxy) is 1. The van der Waals surface area contributed by atoms with Crippen molar-refractivity contribution in [3.63, 3.8) is 0 Å². The third kappa shape index (κ3) is 3.93. The van der Waals surface area contributed by atoms with E-state index in [9.17, 15) is 9.18 Å². The second-order valence-electron chi connectivity index (χ2n) is 4.79. The Kier molecular flexibility index (Phi) is 5.95. The Morgan fingerprint density at radius 2 is 1.95 bits per heavy atom. The van der Waals surface area contributed by atoms with Gasteiger partial charge in [-0.05, 0) is 52.1 Å². The van der Waals surface area contributed by atoms with Crippen molar-refractivity contribution in [2.24, 2.45) is 0 Å². The Morgan fingerprint density at radius 1 is 1.35 bits per heavy atom. The van der Waals surface area contributed by atoms with Crippen LogP contribution < -0.4 is 10.2 Å². The number of hydrogen-bond donors (Lipinski definition) is 1. The molecule has 0 amide bonds. The van der Waals surface area contributed by atoms with Crippen LogP contribution in [0.25, 0.3) is 0 Å². The summed E-state index contributed by atoms with van der Waals surface area (Å²) in [5.74, 6) is -0.561. The van der Waals surface area contributed by atoms with Crippen molar-refractivity contribution in [2.75, 3.05) is 31.6 Å². The van der Waals surface area contributed by atoms with Crippen molar-refractivity contribution in [1.29, 1.82) is 0 Å². The number of nitrogens with zero attached hydrogens (tertiary/aromatic N) is 1. The zero-order chi connectivity index (χ0) is 15.2. The minimum absolute atomic E-state index is 0.272. The molecule has 0 saturated carbocycles.